The van der Waals surface area contributed by atoms with E-state index in [0.717, 1.165) is 18.7 Å². The summed E-state index contributed by atoms with van der Waals surface area (Å²) in [5.41, 5.74) is -0.0484. The van der Waals surface area contributed by atoms with Gasteiger partial charge in [-0.25, -0.2) is 4.98 Å². The van der Waals surface area contributed by atoms with Crippen molar-refractivity contribution < 1.29 is 5.11 Å². The molecule has 0 spiro atoms. The van der Waals surface area contributed by atoms with Gasteiger partial charge in [0, 0.05) is 19.2 Å². The smallest absolute Gasteiger partial charge is 0.128 e. The van der Waals surface area contributed by atoms with Crippen LogP contribution < -0.4 is 5.32 Å². The summed E-state index contributed by atoms with van der Waals surface area (Å²) in [5.74, 6) is 0.905. The summed E-state index contributed by atoms with van der Waals surface area (Å²) in [6, 6.07) is 0. The summed E-state index contributed by atoms with van der Waals surface area (Å²) in [7, 11) is 1.89. The first-order valence-corrected chi connectivity index (χ1v) is 5.92. The molecule has 1 atom stereocenters. The van der Waals surface area contributed by atoms with Crippen molar-refractivity contribution in [1.29, 1.82) is 0 Å². The van der Waals surface area contributed by atoms with Crippen LogP contribution in [0, 0.1) is 0 Å². The molecule has 1 aromatic heterocycles. The van der Waals surface area contributed by atoms with Gasteiger partial charge in [0.2, 0.25) is 0 Å². The van der Waals surface area contributed by atoms with Crippen molar-refractivity contribution in [2.75, 3.05) is 6.61 Å². The van der Waals surface area contributed by atoms with E-state index in [1.54, 1.807) is 6.20 Å². The monoisotopic (exact) mass is 245 g/mol. The summed E-state index contributed by atoms with van der Waals surface area (Å²) < 4.78 is 1.85. The molecule has 0 aliphatic rings. The van der Waals surface area contributed by atoms with Gasteiger partial charge in [-0.05, 0) is 19.8 Å². The Morgan fingerprint density at radius 2 is 2.31 bits per heavy atom. The Bertz CT molecular complexity index is 340. The van der Waals surface area contributed by atoms with Gasteiger partial charge in [-0.1, -0.05) is 18.5 Å². The predicted octanol–water partition coefficient (Wildman–Crippen LogP) is 1.71. The molecule has 1 aromatic rings. The van der Waals surface area contributed by atoms with Crippen molar-refractivity contribution in [1.82, 2.24) is 14.9 Å². The quantitative estimate of drug-likeness (QED) is 0.802. The minimum absolute atomic E-state index is 0.0484. The Morgan fingerprint density at radius 3 is 2.75 bits per heavy atom. The van der Waals surface area contributed by atoms with E-state index in [1.807, 2.05) is 11.6 Å². The fourth-order valence-electron chi connectivity index (χ4n) is 1.52. The number of nitrogens with zero attached hydrogens (tertiary/aromatic N) is 2. The maximum absolute atomic E-state index is 9.01. The van der Waals surface area contributed by atoms with Crippen LogP contribution in [0.25, 0.3) is 0 Å². The van der Waals surface area contributed by atoms with Crippen molar-refractivity contribution in [3.05, 3.63) is 17.2 Å². The molecule has 1 rings (SSSR count). The van der Waals surface area contributed by atoms with Crippen LogP contribution in [0.5, 0.6) is 0 Å². The largest absolute Gasteiger partial charge is 0.396 e. The van der Waals surface area contributed by atoms with E-state index < -0.39 is 0 Å². The number of aliphatic hydroxyl groups excluding tert-OH is 1. The van der Waals surface area contributed by atoms with E-state index in [0.29, 0.717) is 11.7 Å². The summed E-state index contributed by atoms with van der Waals surface area (Å²) in [4.78, 5) is 4.22. The third-order valence-corrected chi connectivity index (χ3v) is 3.50. The molecule has 0 amide bonds. The highest BCUT2D eigenvalue weighted by molar-refractivity contribution is 6.29. The first-order valence-electron chi connectivity index (χ1n) is 5.54. The van der Waals surface area contributed by atoms with Crippen molar-refractivity contribution >= 4 is 11.6 Å². The fourth-order valence-corrected chi connectivity index (χ4v) is 1.66. The van der Waals surface area contributed by atoms with E-state index in [9.17, 15) is 0 Å². The minimum atomic E-state index is -0.0484. The Kier molecular flexibility index (Phi) is 4.77. The molecule has 92 valence electrons. The molecule has 5 heteroatoms. The number of rotatable bonds is 6. The van der Waals surface area contributed by atoms with Gasteiger partial charge in [0.1, 0.15) is 11.0 Å². The number of hydrogen-bond acceptors (Lipinski definition) is 3. The zero-order valence-corrected chi connectivity index (χ0v) is 10.9. The van der Waals surface area contributed by atoms with Gasteiger partial charge in [0.25, 0.3) is 0 Å². The van der Waals surface area contributed by atoms with Gasteiger partial charge in [-0.3, -0.25) is 0 Å². The first kappa shape index (κ1) is 13.5. The highest BCUT2D eigenvalue weighted by Gasteiger charge is 2.21. The average molecular weight is 246 g/mol. The van der Waals surface area contributed by atoms with E-state index in [2.05, 4.69) is 24.1 Å². The number of imidazole rings is 1. The van der Waals surface area contributed by atoms with Crippen LogP contribution in [-0.2, 0) is 13.6 Å². The van der Waals surface area contributed by atoms with Gasteiger partial charge >= 0.3 is 0 Å². The van der Waals surface area contributed by atoms with E-state index >= 15 is 0 Å². The molecule has 0 radical (unpaired) electrons. The molecule has 0 bridgehead atoms. The molecular formula is C11H20ClN3O. The Labute approximate surface area is 102 Å². The lowest BCUT2D eigenvalue weighted by atomic mass is 9.95. The fraction of sp³-hybridized carbons (Fsp3) is 0.727. The zero-order chi connectivity index (χ0) is 12.2. The number of halogens is 1. The Hall–Kier alpha value is -0.580. The second-order valence-corrected chi connectivity index (χ2v) is 4.68. The maximum Gasteiger partial charge on any atom is 0.128 e. The molecule has 0 saturated heterocycles. The van der Waals surface area contributed by atoms with Gasteiger partial charge in [-0.2, -0.15) is 0 Å². The molecule has 0 aromatic carbocycles. The number of hydrogen-bond donors (Lipinski definition) is 2. The highest BCUT2D eigenvalue weighted by Crippen LogP contribution is 2.15. The van der Waals surface area contributed by atoms with E-state index in [4.69, 9.17) is 16.7 Å². The Balaban J connectivity index is 2.59. The van der Waals surface area contributed by atoms with Crippen LogP contribution in [0.15, 0.2) is 6.20 Å². The van der Waals surface area contributed by atoms with Crippen LogP contribution >= 0.6 is 11.6 Å². The lowest BCUT2D eigenvalue weighted by molar-refractivity contribution is 0.213. The van der Waals surface area contributed by atoms with Gasteiger partial charge in [0.05, 0.1) is 12.7 Å². The topological polar surface area (TPSA) is 50.1 Å². The number of nitrogens with one attached hydrogen (secondary N) is 1. The number of aliphatic hydroxyl groups is 1. The normalized spacial score (nSPS) is 15.1. The van der Waals surface area contributed by atoms with E-state index in [1.165, 1.54) is 0 Å². The molecule has 4 nitrogen and oxygen atoms in total. The lowest BCUT2D eigenvalue weighted by Crippen LogP contribution is -2.42. The molecule has 16 heavy (non-hydrogen) atoms. The van der Waals surface area contributed by atoms with Crippen molar-refractivity contribution in [2.45, 2.75) is 38.8 Å². The number of aromatic nitrogens is 2. The summed E-state index contributed by atoms with van der Waals surface area (Å²) in [6.07, 6.45) is 3.35. The van der Waals surface area contributed by atoms with Crippen LogP contribution in [0.3, 0.4) is 0 Å². The molecule has 2 N–H and O–H groups in total. The second-order valence-electron chi connectivity index (χ2n) is 4.30. The van der Waals surface area contributed by atoms with Gasteiger partial charge in [-0.15, -0.1) is 0 Å². The van der Waals surface area contributed by atoms with E-state index in [-0.39, 0.29) is 12.1 Å². The molecule has 0 fully saturated rings. The lowest BCUT2D eigenvalue weighted by Gasteiger charge is -2.29. The summed E-state index contributed by atoms with van der Waals surface area (Å²) in [6.45, 7) is 5.06. The highest BCUT2D eigenvalue weighted by atomic mass is 35.5. The molecule has 0 aliphatic heterocycles. The molecule has 0 saturated carbocycles. The van der Waals surface area contributed by atoms with Crippen LogP contribution in [0.2, 0.25) is 5.15 Å². The zero-order valence-electron chi connectivity index (χ0n) is 10.1. The Morgan fingerprint density at radius 1 is 1.62 bits per heavy atom. The predicted molar refractivity (Wildman–Crippen MR) is 65.5 cm³/mol. The minimum Gasteiger partial charge on any atom is -0.396 e. The summed E-state index contributed by atoms with van der Waals surface area (Å²) in [5, 5.41) is 13.1. The average Bonchev–Trinajstić information content (AvgIpc) is 2.58. The first-order chi connectivity index (χ1) is 7.52. The third-order valence-electron chi connectivity index (χ3n) is 3.14. The third kappa shape index (κ3) is 3.20. The van der Waals surface area contributed by atoms with Crippen LogP contribution in [0.4, 0.5) is 0 Å². The molecule has 1 unspecified atom stereocenters. The summed E-state index contributed by atoms with van der Waals surface area (Å²) >= 11 is 5.91. The maximum atomic E-state index is 9.01. The van der Waals surface area contributed by atoms with Crippen LogP contribution in [0.1, 0.15) is 32.5 Å². The van der Waals surface area contributed by atoms with Gasteiger partial charge < -0.3 is 15.0 Å². The van der Waals surface area contributed by atoms with Crippen LogP contribution in [-0.4, -0.2) is 26.8 Å². The van der Waals surface area contributed by atoms with Crippen molar-refractivity contribution in [3.63, 3.8) is 0 Å². The SMILES string of the molecule is CCC(C)(CCO)NCc1ncc(Cl)n1C. The van der Waals surface area contributed by atoms with Gasteiger partial charge in [0.15, 0.2) is 0 Å². The molecule has 1 heterocycles. The molecular weight excluding hydrogens is 226 g/mol. The van der Waals surface area contributed by atoms with Crippen molar-refractivity contribution in [3.8, 4) is 0 Å². The van der Waals surface area contributed by atoms with Crippen molar-refractivity contribution in [2.24, 2.45) is 7.05 Å². The molecule has 0 aliphatic carbocycles. The second kappa shape index (κ2) is 5.66. The standard InChI is InChI=1S/C11H20ClN3O/c1-4-11(2,5-6-16)14-8-10-13-7-9(12)15(10)3/h7,14,16H,4-6,8H2,1-3H3.